The molecule has 9 heteroatoms. The third-order valence-electron chi connectivity index (χ3n) is 2.74. The Bertz CT molecular complexity index is 593. The van der Waals surface area contributed by atoms with Gasteiger partial charge in [-0.25, -0.2) is 13.1 Å². The van der Waals surface area contributed by atoms with Crippen molar-refractivity contribution in [3.63, 3.8) is 0 Å². The summed E-state index contributed by atoms with van der Waals surface area (Å²) in [7, 11) is -4.09. The molecule has 0 saturated heterocycles. The summed E-state index contributed by atoms with van der Waals surface area (Å²) in [5.74, 6) is -0.162. The van der Waals surface area contributed by atoms with Gasteiger partial charge in [0.05, 0.1) is 4.92 Å². The lowest BCUT2D eigenvalue weighted by atomic mass is 10.2. The van der Waals surface area contributed by atoms with Crippen LogP contribution in [-0.2, 0) is 10.0 Å². The number of hydrogen-bond acceptors (Lipinski definition) is 5. The highest BCUT2D eigenvalue weighted by molar-refractivity contribution is 7.98. The molecule has 0 heterocycles. The molecule has 1 aromatic rings. The van der Waals surface area contributed by atoms with Gasteiger partial charge in [-0.1, -0.05) is 12.5 Å². The molecule has 0 radical (unpaired) electrons. The highest BCUT2D eigenvalue weighted by atomic mass is 32.2. The number of hydrogen-bond donors (Lipinski definition) is 1. The van der Waals surface area contributed by atoms with E-state index in [9.17, 15) is 22.9 Å². The molecule has 1 N–H and O–H groups in total. The molecule has 1 aromatic carbocycles. The predicted molar refractivity (Wildman–Crippen MR) is 80.5 cm³/mol. The molecule has 0 unspecified atom stereocenters. The molecule has 0 fully saturated rings. The standard InChI is InChI=1S/C12H17FN2O4S2/c1-20-9-4-2-3-8-14-21(18,19)11-7-5-6-10(13)12(11)15(16)17/h5-7,14H,2-4,8-9H2,1H3. The van der Waals surface area contributed by atoms with E-state index in [-0.39, 0.29) is 6.54 Å². The summed E-state index contributed by atoms with van der Waals surface area (Å²) in [6.07, 6.45) is 4.45. The van der Waals surface area contributed by atoms with Crippen LogP contribution in [0.5, 0.6) is 0 Å². The molecule has 1 rings (SSSR count). The molecule has 0 bridgehead atoms. The maximum atomic E-state index is 13.4. The second kappa shape index (κ2) is 8.30. The Morgan fingerprint density at radius 1 is 1.33 bits per heavy atom. The highest BCUT2D eigenvalue weighted by Gasteiger charge is 2.28. The molecule has 0 spiro atoms. The normalized spacial score (nSPS) is 11.5. The van der Waals surface area contributed by atoms with Gasteiger partial charge in [0.15, 0.2) is 4.90 Å². The second-order valence-corrected chi connectivity index (χ2v) is 7.02. The van der Waals surface area contributed by atoms with Crippen LogP contribution in [0.4, 0.5) is 10.1 Å². The van der Waals surface area contributed by atoms with Gasteiger partial charge in [-0.2, -0.15) is 16.2 Å². The first-order chi connectivity index (χ1) is 9.90. The predicted octanol–water partition coefficient (Wildman–Crippen LogP) is 2.55. The molecule has 118 valence electrons. The van der Waals surface area contributed by atoms with Gasteiger partial charge in [-0.15, -0.1) is 0 Å². The first-order valence-electron chi connectivity index (χ1n) is 6.31. The Hall–Kier alpha value is -1.19. The Balaban J connectivity index is 2.75. The van der Waals surface area contributed by atoms with Gasteiger partial charge in [0, 0.05) is 6.54 Å². The maximum absolute atomic E-state index is 13.4. The van der Waals surface area contributed by atoms with Gasteiger partial charge in [-0.3, -0.25) is 10.1 Å². The summed E-state index contributed by atoms with van der Waals surface area (Å²) >= 11 is 1.71. The van der Waals surface area contributed by atoms with E-state index in [0.29, 0.717) is 6.42 Å². The van der Waals surface area contributed by atoms with Gasteiger partial charge < -0.3 is 0 Å². The van der Waals surface area contributed by atoms with E-state index in [1.807, 2.05) is 6.26 Å². The number of benzene rings is 1. The summed E-state index contributed by atoms with van der Waals surface area (Å²) in [5, 5.41) is 10.8. The van der Waals surface area contributed by atoms with Crippen molar-refractivity contribution in [2.45, 2.75) is 24.2 Å². The minimum atomic E-state index is -4.09. The molecular formula is C12H17FN2O4S2. The molecule has 0 aliphatic carbocycles. The zero-order valence-electron chi connectivity index (χ0n) is 11.5. The van der Waals surface area contributed by atoms with E-state index >= 15 is 0 Å². The largest absolute Gasteiger partial charge is 0.324 e. The first kappa shape index (κ1) is 17.9. The van der Waals surface area contributed by atoms with Gasteiger partial charge in [0.1, 0.15) is 0 Å². The quantitative estimate of drug-likeness (QED) is 0.425. The number of halogens is 1. The van der Waals surface area contributed by atoms with Gasteiger partial charge in [0.25, 0.3) is 0 Å². The molecule has 6 nitrogen and oxygen atoms in total. The van der Waals surface area contributed by atoms with Crippen LogP contribution in [0.15, 0.2) is 23.1 Å². The lowest BCUT2D eigenvalue weighted by molar-refractivity contribution is -0.390. The van der Waals surface area contributed by atoms with Crippen molar-refractivity contribution in [2.24, 2.45) is 0 Å². The molecule has 0 amide bonds. The fourth-order valence-corrected chi connectivity index (χ4v) is 3.47. The SMILES string of the molecule is CSCCCCCNS(=O)(=O)c1cccc(F)c1[N+](=O)[O-]. The Labute approximate surface area is 127 Å². The van der Waals surface area contributed by atoms with E-state index < -0.39 is 31.3 Å². The first-order valence-corrected chi connectivity index (χ1v) is 9.19. The number of thioether (sulfide) groups is 1. The minimum Gasteiger partial charge on any atom is -0.258 e. The van der Waals surface area contributed by atoms with Crippen LogP contribution in [0.3, 0.4) is 0 Å². The van der Waals surface area contributed by atoms with Crippen molar-refractivity contribution in [3.8, 4) is 0 Å². The van der Waals surface area contributed by atoms with Crippen LogP contribution in [0, 0.1) is 15.9 Å². The van der Waals surface area contributed by atoms with Gasteiger partial charge >= 0.3 is 5.69 Å². The smallest absolute Gasteiger partial charge is 0.258 e. The van der Waals surface area contributed by atoms with Crippen LogP contribution >= 0.6 is 11.8 Å². The number of nitrogens with one attached hydrogen (secondary N) is 1. The minimum absolute atomic E-state index is 0.171. The average Bonchev–Trinajstić information content (AvgIpc) is 2.42. The van der Waals surface area contributed by atoms with E-state index in [1.54, 1.807) is 11.8 Å². The van der Waals surface area contributed by atoms with Crippen molar-refractivity contribution < 1.29 is 17.7 Å². The molecule has 0 aliphatic heterocycles. The second-order valence-electron chi connectivity index (χ2n) is 4.29. The number of rotatable bonds is 9. The van der Waals surface area contributed by atoms with Crippen molar-refractivity contribution in [1.82, 2.24) is 4.72 Å². The summed E-state index contributed by atoms with van der Waals surface area (Å²) < 4.78 is 39.7. The van der Waals surface area contributed by atoms with Crippen LogP contribution < -0.4 is 4.72 Å². The topological polar surface area (TPSA) is 89.3 Å². The monoisotopic (exact) mass is 336 g/mol. The molecule has 0 atom stereocenters. The van der Waals surface area contributed by atoms with Crippen LogP contribution in [0.1, 0.15) is 19.3 Å². The van der Waals surface area contributed by atoms with E-state index in [2.05, 4.69) is 4.72 Å². The molecule has 0 saturated carbocycles. The lowest BCUT2D eigenvalue weighted by Gasteiger charge is -2.07. The highest BCUT2D eigenvalue weighted by Crippen LogP contribution is 2.26. The zero-order chi connectivity index (χ0) is 15.9. The zero-order valence-corrected chi connectivity index (χ0v) is 13.2. The summed E-state index contributed by atoms with van der Waals surface area (Å²) in [4.78, 5) is 9.14. The average molecular weight is 336 g/mol. The fraction of sp³-hybridized carbons (Fsp3) is 0.500. The van der Waals surface area contributed by atoms with E-state index in [4.69, 9.17) is 0 Å². The third-order valence-corrected chi connectivity index (χ3v) is 4.93. The van der Waals surface area contributed by atoms with Crippen LogP contribution in [0.25, 0.3) is 0 Å². The number of nitro groups is 1. The fourth-order valence-electron chi connectivity index (χ4n) is 1.72. The van der Waals surface area contributed by atoms with Crippen molar-refractivity contribution >= 4 is 27.5 Å². The van der Waals surface area contributed by atoms with Gasteiger partial charge in [0.2, 0.25) is 15.8 Å². The van der Waals surface area contributed by atoms with Crippen molar-refractivity contribution in [3.05, 3.63) is 34.1 Å². The Kier molecular flexibility index (Phi) is 7.06. The third kappa shape index (κ3) is 5.25. The molecule has 21 heavy (non-hydrogen) atoms. The number of unbranched alkanes of at least 4 members (excludes halogenated alkanes) is 2. The molecule has 0 aliphatic rings. The Morgan fingerprint density at radius 3 is 2.67 bits per heavy atom. The van der Waals surface area contributed by atoms with Crippen molar-refractivity contribution in [2.75, 3.05) is 18.6 Å². The van der Waals surface area contributed by atoms with Gasteiger partial charge in [-0.05, 0) is 37.0 Å². The van der Waals surface area contributed by atoms with Crippen LogP contribution in [0.2, 0.25) is 0 Å². The number of para-hydroxylation sites is 1. The molecular weight excluding hydrogens is 319 g/mol. The summed E-state index contributed by atoms with van der Waals surface area (Å²) in [6.45, 7) is 0.171. The number of nitrogens with zero attached hydrogens (tertiary/aromatic N) is 1. The molecule has 0 aromatic heterocycles. The Morgan fingerprint density at radius 2 is 2.05 bits per heavy atom. The van der Waals surface area contributed by atoms with E-state index in [0.717, 1.165) is 36.8 Å². The number of sulfonamides is 1. The maximum Gasteiger partial charge on any atom is 0.324 e. The number of nitro benzene ring substituents is 1. The lowest BCUT2D eigenvalue weighted by Crippen LogP contribution is -2.25. The van der Waals surface area contributed by atoms with Crippen LogP contribution in [-0.4, -0.2) is 31.9 Å². The van der Waals surface area contributed by atoms with Crippen molar-refractivity contribution in [1.29, 1.82) is 0 Å². The summed E-state index contributed by atoms with van der Waals surface area (Å²) in [6, 6.07) is 3.02. The summed E-state index contributed by atoms with van der Waals surface area (Å²) in [5.41, 5.74) is -1.02. The van der Waals surface area contributed by atoms with E-state index in [1.165, 1.54) is 0 Å².